The van der Waals surface area contributed by atoms with Crippen molar-refractivity contribution in [1.29, 1.82) is 10.5 Å². The minimum absolute atomic E-state index is 0.325. The molecule has 0 aromatic heterocycles. The van der Waals surface area contributed by atoms with Gasteiger partial charge >= 0.3 is 0 Å². The first-order valence-corrected chi connectivity index (χ1v) is 6.88. The van der Waals surface area contributed by atoms with Crippen molar-refractivity contribution in [2.75, 3.05) is 19.8 Å². The Labute approximate surface area is 123 Å². The van der Waals surface area contributed by atoms with Crippen molar-refractivity contribution in [3.63, 3.8) is 0 Å². The fraction of sp³-hybridized carbons (Fsp3) is 0.857. The van der Waals surface area contributed by atoms with Gasteiger partial charge in [-0.2, -0.15) is 10.5 Å². The highest BCUT2D eigenvalue weighted by atomic mass is 16.5. The summed E-state index contributed by atoms with van der Waals surface area (Å²) in [4.78, 5) is 0. The van der Waals surface area contributed by atoms with Crippen molar-refractivity contribution in [2.45, 2.75) is 59.1 Å². The molecule has 20 heavy (non-hydrogen) atoms. The van der Waals surface area contributed by atoms with Crippen LogP contribution in [0.3, 0.4) is 0 Å². The molecule has 6 nitrogen and oxygen atoms in total. The van der Waals surface area contributed by atoms with Crippen molar-refractivity contribution in [1.82, 2.24) is 0 Å². The maximum atomic E-state index is 7.10. The van der Waals surface area contributed by atoms with Gasteiger partial charge in [0, 0.05) is 12.8 Å². The molecule has 0 bridgehead atoms. The molecule has 1 fully saturated rings. The third kappa shape index (κ3) is 7.83. The molecule has 116 valence electrons. The SMILES string of the molecule is CC(C)OC[N+]1(C(C)(C)C)CCCC1.N#CN.N#CN. The predicted octanol–water partition coefficient (Wildman–Crippen LogP) is 1.63. The highest BCUT2D eigenvalue weighted by molar-refractivity contribution is 4.67. The molecule has 1 saturated heterocycles. The lowest BCUT2D eigenvalue weighted by molar-refractivity contribution is -0.977. The van der Waals surface area contributed by atoms with Crippen LogP contribution in [0.2, 0.25) is 0 Å². The van der Waals surface area contributed by atoms with E-state index in [-0.39, 0.29) is 0 Å². The Balaban J connectivity index is 0. The molecule has 1 heterocycles. The van der Waals surface area contributed by atoms with Crippen LogP contribution >= 0.6 is 0 Å². The van der Waals surface area contributed by atoms with Gasteiger partial charge in [0.25, 0.3) is 0 Å². The van der Waals surface area contributed by atoms with Gasteiger partial charge in [-0.15, -0.1) is 0 Å². The van der Waals surface area contributed by atoms with Crippen LogP contribution in [0.25, 0.3) is 0 Å². The first kappa shape index (κ1) is 20.8. The van der Waals surface area contributed by atoms with Crippen molar-refractivity contribution < 1.29 is 9.22 Å². The van der Waals surface area contributed by atoms with Crippen LogP contribution in [0.15, 0.2) is 0 Å². The molecular weight excluding hydrogens is 254 g/mol. The van der Waals surface area contributed by atoms with Gasteiger partial charge in [-0.25, -0.2) is 0 Å². The topological polar surface area (TPSA) is 109 Å². The molecule has 0 unspecified atom stereocenters. The molecule has 0 spiro atoms. The Kier molecular flexibility index (Phi) is 10.7. The molecule has 0 atom stereocenters. The number of quaternary nitrogens is 1. The lowest BCUT2D eigenvalue weighted by atomic mass is 10.0. The van der Waals surface area contributed by atoms with Crippen LogP contribution in [-0.2, 0) is 4.74 Å². The van der Waals surface area contributed by atoms with E-state index >= 15 is 0 Å². The summed E-state index contributed by atoms with van der Waals surface area (Å²) in [6, 6.07) is 0. The molecule has 0 aromatic rings. The normalized spacial score (nSPS) is 16.0. The first-order valence-electron chi connectivity index (χ1n) is 6.88. The van der Waals surface area contributed by atoms with E-state index in [1.165, 1.54) is 38.3 Å². The second-order valence-corrected chi connectivity index (χ2v) is 6.07. The van der Waals surface area contributed by atoms with Crippen LogP contribution in [0.1, 0.15) is 47.5 Å². The Bertz CT molecular complexity index is 304. The Morgan fingerprint density at radius 3 is 1.70 bits per heavy atom. The third-order valence-electron chi connectivity index (χ3n) is 3.50. The number of hydrogen-bond acceptors (Lipinski definition) is 5. The minimum atomic E-state index is 0.325. The minimum Gasteiger partial charge on any atom is -0.337 e. The maximum Gasteiger partial charge on any atom is 0.183 e. The van der Waals surface area contributed by atoms with E-state index in [0.717, 1.165) is 11.2 Å². The van der Waals surface area contributed by atoms with E-state index in [4.69, 9.17) is 15.3 Å². The van der Waals surface area contributed by atoms with Crippen molar-refractivity contribution >= 4 is 0 Å². The molecule has 1 aliphatic rings. The van der Waals surface area contributed by atoms with Crippen LogP contribution in [0, 0.1) is 22.9 Å². The first-order chi connectivity index (χ1) is 9.20. The molecule has 0 aliphatic carbocycles. The summed E-state index contributed by atoms with van der Waals surface area (Å²) in [5.41, 5.74) is 8.63. The van der Waals surface area contributed by atoms with Crippen LogP contribution in [0.4, 0.5) is 0 Å². The Hall–Kier alpha value is -1.50. The van der Waals surface area contributed by atoms with E-state index in [9.17, 15) is 0 Å². The quantitative estimate of drug-likeness (QED) is 0.465. The largest absolute Gasteiger partial charge is 0.337 e. The Morgan fingerprint density at radius 2 is 1.45 bits per heavy atom. The number of nitriles is 2. The van der Waals surface area contributed by atoms with Gasteiger partial charge in [-0.3, -0.25) is 4.48 Å². The molecular formula is C14H30N5O+. The molecule has 0 saturated carbocycles. The molecule has 0 amide bonds. The average molecular weight is 284 g/mol. The number of rotatable bonds is 3. The van der Waals surface area contributed by atoms with E-state index in [1.54, 1.807) is 0 Å². The summed E-state index contributed by atoms with van der Waals surface area (Å²) in [6.07, 6.45) is 5.57. The van der Waals surface area contributed by atoms with E-state index < -0.39 is 0 Å². The second-order valence-electron chi connectivity index (χ2n) is 6.07. The van der Waals surface area contributed by atoms with Gasteiger partial charge in [-0.05, 0) is 34.6 Å². The number of nitrogens with two attached hydrogens (primary N) is 2. The molecule has 0 radical (unpaired) electrons. The predicted molar refractivity (Wildman–Crippen MR) is 79.7 cm³/mol. The standard InChI is InChI=1S/C12H26NO.2CH2N2/c1-11(2)14-10-13(12(3,4)5)8-6-7-9-13;2*2-1-3/h11H,6-10H2,1-5H3;2*2H2/q+1;;. The van der Waals surface area contributed by atoms with E-state index in [0.29, 0.717) is 11.6 Å². The molecule has 6 heteroatoms. The van der Waals surface area contributed by atoms with Gasteiger partial charge in [0.1, 0.15) is 0 Å². The van der Waals surface area contributed by atoms with Crippen molar-refractivity contribution in [3.05, 3.63) is 0 Å². The van der Waals surface area contributed by atoms with Crippen LogP contribution < -0.4 is 11.5 Å². The molecule has 1 rings (SSSR count). The zero-order valence-corrected chi connectivity index (χ0v) is 13.5. The smallest absolute Gasteiger partial charge is 0.183 e. The van der Waals surface area contributed by atoms with Crippen LogP contribution in [-0.4, -0.2) is 35.9 Å². The summed E-state index contributed by atoms with van der Waals surface area (Å²) in [5.74, 6) is 0. The monoisotopic (exact) mass is 284 g/mol. The number of ether oxygens (including phenoxy) is 1. The lowest BCUT2D eigenvalue weighted by Crippen LogP contribution is -2.59. The second kappa shape index (κ2) is 10.3. The number of nitrogens with zero attached hydrogens (tertiary/aromatic N) is 3. The maximum absolute atomic E-state index is 7.10. The summed E-state index contributed by atoms with van der Waals surface area (Å²) in [6.45, 7) is 14.7. The summed E-state index contributed by atoms with van der Waals surface area (Å²) in [5, 5.41) is 14.2. The molecule has 1 aliphatic heterocycles. The van der Waals surface area contributed by atoms with Crippen molar-refractivity contribution in [3.8, 4) is 12.4 Å². The fourth-order valence-electron chi connectivity index (χ4n) is 2.23. The van der Waals surface area contributed by atoms with Crippen molar-refractivity contribution in [2.24, 2.45) is 11.5 Å². The van der Waals surface area contributed by atoms with Crippen LogP contribution in [0.5, 0.6) is 0 Å². The zero-order valence-electron chi connectivity index (χ0n) is 13.5. The van der Waals surface area contributed by atoms with Gasteiger partial charge in [0.15, 0.2) is 19.1 Å². The summed E-state index contributed by atoms with van der Waals surface area (Å²) >= 11 is 0. The highest BCUT2D eigenvalue weighted by Crippen LogP contribution is 2.31. The zero-order chi connectivity index (χ0) is 16.2. The van der Waals surface area contributed by atoms with Gasteiger partial charge in [0.2, 0.25) is 0 Å². The fourth-order valence-corrected chi connectivity index (χ4v) is 2.23. The molecule has 0 aromatic carbocycles. The Morgan fingerprint density at radius 1 is 1.10 bits per heavy atom. The third-order valence-corrected chi connectivity index (χ3v) is 3.50. The molecule has 4 N–H and O–H groups in total. The summed E-state index contributed by atoms with van der Waals surface area (Å²) in [7, 11) is 0. The number of hydrogen-bond donors (Lipinski definition) is 2. The highest BCUT2D eigenvalue weighted by Gasteiger charge is 2.42. The summed E-state index contributed by atoms with van der Waals surface area (Å²) < 4.78 is 6.97. The van der Waals surface area contributed by atoms with E-state index in [1.807, 2.05) is 0 Å². The lowest BCUT2D eigenvalue weighted by Gasteiger charge is -2.45. The van der Waals surface area contributed by atoms with Gasteiger partial charge < -0.3 is 16.2 Å². The average Bonchev–Trinajstić information content (AvgIpc) is 2.77. The van der Waals surface area contributed by atoms with E-state index in [2.05, 4.69) is 46.1 Å². The van der Waals surface area contributed by atoms with Gasteiger partial charge in [0.05, 0.1) is 24.7 Å². The number of likely N-dealkylation sites (tertiary alicyclic amines) is 1. The van der Waals surface area contributed by atoms with Gasteiger partial charge in [-0.1, -0.05) is 0 Å².